The molecule has 1 atom stereocenters. The van der Waals surface area contributed by atoms with Crippen LogP contribution < -0.4 is 9.47 Å². The van der Waals surface area contributed by atoms with E-state index in [1.807, 2.05) is 12.1 Å². The fraction of sp³-hybridized carbons (Fsp3) is 0.438. The van der Waals surface area contributed by atoms with E-state index >= 15 is 0 Å². The van der Waals surface area contributed by atoms with Crippen molar-refractivity contribution in [3.05, 3.63) is 42.0 Å². The van der Waals surface area contributed by atoms with Gasteiger partial charge in [0.15, 0.2) is 11.5 Å². The number of hydrogen-bond donors (Lipinski definition) is 1. The molecule has 1 N–H and O–H groups in total. The maximum absolute atomic E-state index is 9.60. The third-order valence-corrected chi connectivity index (χ3v) is 3.35. The predicted molar refractivity (Wildman–Crippen MR) is 80.6 cm³/mol. The molecule has 114 valence electrons. The predicted octanol–water partition coefficient (Wildman–Crippen LogP) is 3.10. The Morgan fingerprint density at radius 2 is 2.00 bits per heavy atom. The van der Waals surface area contributed by atoms with Crippen molar-refractivity contribution in [1.82, 2.24) is 9.55 Å². The number of imidazole rings is 1. The van der Waals surface area contributed by atoms with E-state index in [9.17, 15) is 5.11 Å². The van der Waals surface area contributed by atoms with Gasteiger partial charge in [-0.1, -0.05) is 6.07 Å². The van der Waals surface area contributed by atoms with E-state index in [1.54, 1.807) is 32.6 Å². The van der Waals surface area contributed by atoms with Crippen LogP contribution in [-0.2, 0) is 6.61 Å². The lowest BCUT2D eigenvalue weighted by atomic mass is 10.1. The molecule has 5 nitrogen and oxygen atoms in total. The SMILES string of the molecule is COc1cc([C@H](C)O)ccc1OCc1cncn1C(C)C. The molecule has 0 amide bonds. The molecular formula is C16H22N2O3. The molecule has 2 rings (SSSR count). The summed E-state index contributed by atoms with van der Waals surface area (Å²) < 4.78 is 13.2. The van der Waals surface area contributed by atoms with Crippen LogP contribution in [0, 0.1) is 0 Å². The highest BCUT2D eigenvalue weighted by molar-refractivity contribution is 5.43. The van der Waals surface area contributed by atoms with Crippen molar-refractivity contribution >= 4 is 0 Å². The summed E-state index contributed by atoms with van der Waals surface area (Å²) in [7, 11) is 1.59. The molecule has 1 aromatic carbocycles. The van der Waals surface area contributed by atoms with Crippen LogP contribution in [0.15, 0.2) is 30.7 Å². The van der Waals surface area contributed by atoms with Crippen LogP contribution >= 0.6 is 0 Å². The van der Waals surface area contributed by atoms with Crippen molar-refractivity contribution in [1.29, 1.82) is 0 Å². The minimum Gasteiger partial charge on any atom is -0.493 e. The van der Waals surface area contributed by atoms with Gasteiger partial charge in [-0.05, 0) is 38.5 Å². The standard InChI is InChI=1S/C16H22N2O3/c1-11(2)18-10-17-8-14(18)9-21-15-6-5-13(12(3)19)7-16(15)20-4/h5-8,10-12,19H,9H2,1-4H3/t12-/m0/s1. The Bertz CT molecular complexity index is 591. The Balaban J connectivity index is 2.14. The average molecular weight is 290 g/mol. The molecule has 0 saturated heterocycles. The number of hydrogen-bond acceptors (Lipinski definition) is 4. The van der Waals surface area contributed by atoms with E-state index in [4.69, 9.17) is 9.47 Å². The first-order chi connectivity index (χ1) is 10.0. The summed E-state index contributed by atoms with van der Waals surface area (Å²) in [5, 5.41) is 9.60. The number of nitrogens with zero attached hydrogens (tertiary/aromatic N) is 2. The second-order valence-corrected chi connectivity index (χ2v) is 5.26. The quantitative estimate of drug-likeness (QED) is 0.888. The highest BCUT2D eigenvalue weighted by atomic mass is 16.5. The van der Waals surface area contributed by atoms with E-state index in [0.29, 0.717) is 24.1 Å². The van der Waals surface area contributed by atoms with Crippen LogP contribution in [0.3, 0.4) is 0 Å². The van der Waals surface area contributed by atoms with E-state index in [2.05, 4.69) is 23.4 Å². The molecule has 0 aliphatic rings. The fourth-order valence-electron chi connectivity index (χ4n) is 2.12. The van der Waals surface area contributed by atoms with Crippen LogP contribution in [0.1, 0.15) is 44.2 Å². The molecule has 0 fully saturated rings. The summed E-state index contributed by atoms with van der Waals surface area (Å²) in [6.45, 7) is 6.34. The van der Waals surface area contributed by atoms with Gasteiger partial charge in [0.05, 0.1) is 31.4 Å². The van der Waals surface area contributed by atoms with Crippen LogP contribution in [0.25, 0.3) is 0 Å². The Kier molecular flexibility index (Phi) is 4.85. The summed E-state index contributed by atoms with van der Waals surface area (Å²) in [5.41, 5.74) is 1.80. The van der Waals surface area contributed by atoms with Gasteiger partial charge in [-0.2, -0.15) is 0 Å². The monoisotopic (exact) mass is 290 g/mol. The molecule has 0 aliphatic heterocycles. The largest absolute Gasteiger partial charge is 0.493 e. The van der Waals surface area contributed by atoms with Crippen LogP contribution in [0.4, 0.5) is 0 Å². The van der Waals surface area contributed by atoms with E-state index < -0.39 is 6.10 Å². The number of ether oxygens (including phenoxy) is 2. The number of aliphatic hydroxyl groups excluding tert-OH is 1. The summed E-state index contributed by atoms with van der Waals surface area (Å²) in [6, 6.07) is 5.78. The van der Waals surface area contributed by atoms with Crippen LogP contribution in [0.2, 0.25) is 0 Å². The van der Waals surface area contributed by atoms with Crippen molar-refractivity contribution in [2.24, 2.45) is 0 Å². The van der Waals surface area contributed by atoms with Crippen LogP contribution in [-0.4, -0.2) is 21.8 Å². The zero-order valence-corrected chi connectivity index (χ0v) is 12.9. The number of rotatable bonds is 6. The first-order valence-electron chi connectivity index (χ1n) is 7.02. The number of aromatic nitrogens is 2. The van der Waals surface area contributed by atoms with Crippen molar-refractivity contribution in [2.75, 3.05) is 7.11 Å². The third kappa shape index (κ3) is 3.55. The Hall–Kier alpha value is -2.01. The molecule has 0 spiro atoms. The van der Waals surface area contributed by atoms with Gasteiger partial charge in [0.25, 0.3) is 0 Å². The fourth-order valence-corrected chi connectivity index (χ4v) is 2.12. The molecule has 0 saturated carbocycles. The summed E-state index contributed by atoms with van der Waals surface area (Å²) >= 11 is 0. The van der Waals surface area contributed by atoms with Gasteiger partial charge in [0.2, 0.25) is 0 Å². The molecule has 5 heteroatoms. The topological polar surface area (TPSA) is 56.5 Å². The molecule has 0 radical (unpaired) electrons. The van der Waals surface area contributed by atoms with Crippen molar-refractivity contribution in [3.8, 4) is 11.5 Å². The zero-order valence-electron chi connectivity index (χ0n) is 12.9. The lowest BCUT2D eigenvalue weighted by Gasteiger charge is -2.15. The minimum absolute atomic E-state index is 0.339. The van der Waals surface area contributed by atoms with Crippen molar-refractivity contribution < 1.29 is 14.6 Å². The van der Waals surface area contributed by atoms with Crippen LogP contribution in [0.5, 0.6) is 11.5 Å². The Morgan fingerprint density at radius 1 is 1.24 bits per heavy atom. The van der Waals surface area contributed by atoms with Gasteiger partial charge < -0.3 is 19.1 Å². The molecule has 1 heterocycles. The molecular weight excluding hydrogens is 268 g/mol. The smallest absolute Gasteiger partial charge is 0.161 e. The molecule has 1 aromatic heterocycles. The summed E-state index contributed by atoms with van der Waals surface area (Å²) in [4.78, 5) is 4.15. The number of benzene rings is 1. The van der Waals surface area contributed by atoms with Crippen molar-refractivity contribution in [2.45, 2.75) is 39.5 Å². The molecule has 0 aliphatic carbocycles. The van der Waals surface area contributed by atoms with Gasteiger partial charge in [-0.15, -0.1) is 0 Å². The lowest BCUT2D eigenvalue weighted by molar-refractivity contribution is 0.198. The maximum Gasteiger partial charge on any atom is 0.161 e. The van der Waals surface area contributed by atoms with E-state index in [0.717, 1.165) is 11.3 Å². The second kappa shape index (κ2) is 6.63. The average Bonchev–Trinajstić information content (AvgIpc) is 2.93. The normalized spacial score (nSPS) is 12.5. The summed E-state index contributed by atoms with van der Waals surface area (Å²) in [6.07, 6.45) is 3.07. The van der Waals surface area contributed by atoms with Gasteiger partial charge in [0.1, 0.15) is 6.61 Å². The van der Waals surface area contributed by atoms with E-state index in [-0.39, 0.29) is 0 Å². The minimum atomic E-state index is -0.532. The zero-order chi connectivity index (χ0) is 15.4. The molecule has 0 bridgehead atoms. The molecule has 2 aromatic rings. The van der Waals surface area contributed by atoms with Crippen molar-refractivity contribution in [3.63, 3.8) is 0 Å². The van der Waals surface area contributed by atoms with Gasteiger partial charge in [-0.25, -0.2) is 4.98 Å². The lowest BCUT2D eigenvalue weighted by Crippen LogP contribution is -2.07. The summed E-state index contributed by atoms with van der Waals surface area (Å²) in [5.74, 6) is 1.27. The number of methoxy groups -OCH3 is 1. The first-order valence-corrected chi connectivity index (χ1v) is 7.02. The van der Waals surface area contributed by atoms with E-state index in [1.165, 1.54) is 0 Å². The van der Waals surface area contributed by atoms with Gasteiger partial charge in [0, 0.05) is 6.04 Å². The van der Waals surface area contributed by atoms with Gasteiger partial charge in [-0.3, -0.25) is 0 Å². The van der Waals surface area contributed by atoms with Gasteiger partial charge >= 0.3 is 0 Å². The Labute approximate surface area is 125 Å². The first kappa shape index (κ1) is 15.4. The third-order valence-electron chi connectivity index (χ3n) is 3.35. The Morgan fingerprint density at radius 3 is 2.62 bits per heavy atom. The highest BCUT2D eigenvalue weighted by Crippen LogP contribution is 2.31. The second-order valence-electron chi connectivity index (χ2n) is 5.26. The maximum atomic E-state index is 9.60. The molecule has 21 heavy (non-hydrogen) atoms. The number of aliphatic hydroxyl groups is 1. The molecule has 0 unspecified atom stereocenters. The highest BCUT2D eigenvalue weighted by Gasteiger charge is 2.11.